The van der Waals surface area contributed by atoms with Gasteiger partial charge < -0.3 is 18.6 Å². The first kappa shape index (κ1) is 17.5. The highest BCUT2D eigenvalue weighted by molar-refractivity contribution is 5.77. The third-order valence-corrected chi connectivity index (χ3v) is 3.94. The summed E-state index contributed by atoms with van der Waals surface area (Å²) in [6.45, 7) is 6.30. The second-order valence-electron chi connectivity index (χ2n) is 5.87. The Morgan fingerprint density at radius 1 is 0.960 bits per heavy atom. The maximum atomic E-state index is 5.91. The molecule has 3 rings (SSSR count). The van der Waals surface area contributed by atoms with Crippen LogP contribution in [0.2, 0.25) is 0 Å². The Hall–Kier alpha value is -2.37. The predicted octanol–water partition coefficient (Wildman–Crippen LogP) is 4.15. The molecule has 0 bridgehead atoms. The van der Waals surface area contributed by atoms with Crippen LogP contribution >= 0.6 is 0 Å². The fraction of sp³-hybridized carbons (Fsp3) is 0.350. The molecule has 5 nitrogen and oxygen atoms in total. The first-order valence-corrected chi connectivity index (χ1v) is 8.35. The number of rotatable bonds is 8. The molecule has 0 aliphatic heterocycles. The molecule has 1 aromatic heterocycles. The molecular formula is C20H23NO4. The molecule has 0 atom stereocenters. The maximum absolute atomic E-state index is 5.91. The summed E-state index contributed by atoms with van der Waals surface area (Å²) in [6.07, 6.45) is 0. The molecule has 0 fully saturated rings. The second-order valence-corrected chi connectivity index (χ2v) is 5.87. The van der Waals surface area contributed by atoms with E-state index in [0.29, 0.717) is 32.3 Å². The van der Waals surface area contributed by atoms with Gasteiger partial charge in [0.1, 0.15) is 17.9 Å². The van der Waals surface area contributed by atoms with Gasteiger partial charge in [-0.1, -0.05) is 12.1 Å². The van der Waals surface area contributed by atoms with E-state index in [2.05, 4.69) is 4.98 Å². The topological polar surface area (TPSA) is 53.7 Å². The van der Waals surface area contributed by atoms with Crippen molar-refractivity contribution in [3.8, 4) is 17.2 Å². The smallest absolute Gasteiger partial charge is 0.227 e. The minimum absolute atomic E-state index is 0.505. The van der Waals surface area contributed by atoms with Gasteiger partial charge in [-0.25, -0.2) is 4.98 Å². The third kappa shape index (κ3) is 4.18. The molecule has 0 saturated heterocycles. The van der Waals surface area contributed by atoms with Gasteiger partial charge >= 0.3 is 0 Å². The van der Waals surface area contributed by atoms with Gasteiger partial charge in [-0.05, 0) is 49.2 Å². The van der Waals surface area contributed by atoms with E-state index in [1.54, 1.807) is 7.11 Å². The lowest BCUT2D eigenvalue weighted by atomic mass is 10.0. The minimum Gasteiger partial charge on any atom is -0.491 e. The van der Waals surface area contributed by atoms with E-state index in [1.807, 2.05) is 50.2 Å². The number of hydrogen-bond acceptors (Lipinski definition) is 5. The Morgan fingerprint density at radius 2 is 1.68 bits per heavy atom. The normalized spacial score (nSPS) is 11.2. The van der Waals surface area contributed by atoms with Crippen LogP contribution in [0.5, 0.6) is 5.75 Å². The summed E-state index contributed by atoms with van der Waals surface area (Å²) in [7, 11) is 1.66. The van der Waals surface area contributed by atoms with Gasteiger partial charge in [0.2, 0.25) is 5.89 Å². The van der Waals surface area contributed by atoms with Crippen molar-refractivity contribution < 1.29 is 18.6 Å². The van der Waals surface area contributed by atoms with Crippen molar-refractivity contribution in [2.45, 2.75) is 13.8 Å². The molecule has 2 aromatic carbocycles. The van der Waals surface area contributed by atoms with Crippen molar-refractivity contribution in [2.24, 2.45) is 0 Å². The molecule has 1 heterocycles. The summed E-state index contributed by atoms with van der Waals surface area (Å²) in [5, 5.41) is 0. The lowest BCUT2D eigenvalue weighted by Crippen LogP contribution is -2.10. The zero-order valence-corrected chi connectivity index (χ0v) is 14.9. The van der Waals surface area contributed by atoms with Crippen LogP contribution in [0.15, 0.2) is 40.8 Å². The van der Waals surface area contributed by atoms with Crippen LogP contribution in [-0.2, 0) is 9.47 Å². The van der Waals surface area contributed by atoms with Crippen LogP contribution < -0.4 is 4.74 Å². The highest BCUT2D eigenvalue weighted by Crippen LogP contribution is 2.32. The highest BCUT2D eigenvalue weighted by Gasteiger charge is 2.14. The Kier molecular flexibility index (Phi) is 5.68. The van der Waals surface area contributed by atoms with Gasteiger partial charge in [0.05, 0.1) is 19.8 Å². The number of nitrogens with zero attached hydrogens (tertiary/aromatic N) is 1. The Labute approximate surface area is 147 Å². The van der Waals surface area contributed by atoms with E-state index in [0.717, 1.165) is 33.5 Å². The van der Waals surface area contributed by atoms with E-state index in [9.17, 15) is 0 Å². The summed E-state index contributed by atoms with van der Waals surface area (Å²) in [5.74, 6) is 1.47. The minimum atomic E-state index is 0.505. The average molecular weight is 341 g/mol. The number of oxazole rings is 1. The van der Waals surface area contributed by atoms with Crippen molar-refractivity contribution in [1.82, 2.24) is 4.98 Å². The van der Waals surface area contributed by atoms with Gasteiger partial charge in [0.15, 0.2) is 5.58 Å². The molecule has 0 spiro atoms. The standard InChI is InChI=1S/C20H23NO4/c1-14-12-16(24-11-10-23-9-8-22-3)13-15(2)19(14)20-21-17-6-4-5-7-18(17)25-20/h4-7,12-13H,8-11H2,1-3H3. The van der Waals surface area contributed by atoms with Gasteiger partial charge in [-0.2, -0.15) is 0 Å². The van der Waals surface area contributed by atoms with Crippen LogP contribution in [0.25, 0.3) is 22.6 Å². The van der Waals surface area contributed by atoms with Crippen LogP contribution in [0.3, 0.4) is 0 Å². The number of hydrogen-bond donors (Lipinski definition) is 0. The van der Waals surface area contributed by atoms with Crippen LogP contribution in [-0.4, -0.2) is 38.5 Å². The van der Waals surface area contributed by atoms with Gasteiger partial charge in [0.25, 0.3) is 0 Å². The molecule has 0 saturated carbocycles. The van der Waals surface area contributed by atoms with Crippen LogP contribution in [0.4, 0.5) is 0 Å². The largest absolute Gasteiger partial charge is 0.491 e. The molecule has 0 aliphatic rings. The second kappa shape index (κ2) is 8.14. The van der Waals surface area contributed by atoms with Crippen molar-refractivity contribution in [2.75, 3.05) is 33.5 Å². The van der Waals surface area contributed by atoms with Crippen molar-refractivity contribution >= 4 is 11.1 Å². The quantitative estimate of drug-likeness (QED) is 0.576. The summed E-state index contributed by atoms with van der Waals surface area (Å²) in [4.78, 5) is 4.60. The molecule has 0 amide bonds. The number of methoxy groups -OCH3 is 1. The predicted molar refractivity (Wildman–Crippen MR) is 97.1 cm³/mol. The van der Waals surface area contributed by atoms with E-state index in [-0.39, 0.29) is 0 Å². The fourth-order valence-corrected chi connectivity index (χ4v) is 2.79. The lowest BCUT2D eigenvalue weighted by molar-refractivity contribution is 0.0544. The zero-order valence-electron chi connectivity index (χ0n) is 14.9. The molecule has 132 valence electrons. The summed E-state index contributed by atoms with van der Waals surface area (Å²) < 4.78 is 22.0. The van der Waals surface area contributed by atoms with E-state index in [4.69, 9.17) is 18.6 Å². The van der Waals surface area contributed by atoms with Crippen molar-refractivity contribution in [3.63, 3.8) is 0 Å². The first-order valence-electron chi connectivity index (χ1n) is 8.35. The molecule has 3 aromatic rings. The number of para-hydroxylation sites is 2. The Balaban J connectivity index is 1.72. The van der Waals surface area contributed by atoms with Crippen molar-refractivity contribution in [3.05, 3.63) is 47.5 Å². The van der Waals surface area contributed by atoms with Gasteiger partial charge in [-0.15, -0.1) is 0 Å². The number of aryl methyl sites for hydroxylation is 2. The molecular weight excluding hydrogens is 318 g/mol. The zero-order chi connectivity index (χ0) is 17.6. The maximum Gasteiger partial charge on any atom is 0.227 e. The number of benzene rings is 2. The van der Waals surface area contributed by atoms with Gasteiger partial charge in [-0.3, -0.25) is 0 Å². The lowest BCUT2D eigenvalue weighted by Gasteiger charge is -2.12. The third-order valence-electron chi connectivity index (χ3n) is 3.94. The first-order chi connectivity index (χ1) is 12.2. The van der Waals surface area contributed by atoms with E-state index < -0.39 is 0 Å². The molecule has 0 aliphatic carbocycles. The summed E-state index contributed by atoms with van der Waals surface area (Å²) in [6, 6.07) is 11.8. The van der Waals surface area contributed by atoms with Crippen LogP contribution in [0.1, 0.15) is 11.1 Å². The number of fused-ring (bicyclic) bond motifs is 1. The molecule has 0 N–H and O–H groups in total. The fourth-order valence-electron chi connectivity index (χ4n) is 2.79. The Morgan fingerprint density at radius 3 is 2.40 bits per heavy atom. The summed E-state index contributed by atoms with van der Waals surface area (Å²) in [5.41, 5.74) is 4.82. The average Bonchev–Trinajstić information content (AvgIpc) is 3.01. The highest BCUT2D eigenvalue weighted by atomic mass is 16.5. The SMILES string of the molecule is COCCOCCOc1cc(C)c(-c2nc3ccccc3o2)c(C)c1. The Bertz CT molecular complexity index is 785. The van der Waals surface area contributed by atoms with E-state index >= 15 is 0 Å². The number of ether oxygens (including phenoxy) is 3. The molecule has 0 radical (unpaired) electrons. The van der Waals surface area contributed by atoms with Crippen LogP contribution in [0, 0.1) is 13.8 Å². The molecule has 5 heteroatoms. The molecule has 25 heavy (non-hydrogen) atoms. The number of aromatic nitrogens is 1. The van der Waals surface area contributed by atoms with Crippen molar-refractivity contribution in [1.29, 1.82) is 0 Å². The molecule has 0 unspecified atom stereocenters. The van der Waals surface area contributed by atoms with E-state index in [1.165, 1.54) is 0 Å². The summed E-state index contributed by atoms with van der Waals surface area (Å²) >= 11 is 0. The van der Waals surface area contributed by atoms with Gasteiger partial charge in [0, 0.05) is 12.7 Å². The monoisotopic (exact) mass is 341 g/mol.